The molecule has 1 N–H and O–H groups in total. The van der Waals surface area contributed by atoms with Crippen LogP contribution in [-0.2, 0) is 11.5 Å². The highest BCUT2D eigenvalue weighted by atomic mass is 16.4. The maximum atomic E-state index is 12.2. The van der Waals surface area contributed by atoms with Gasteiger partial charge in [-0.25, -0.2) is 0 Å². The first kappa shape index (κ1) is 12.7. The minimum atomic E-state index is -0.780. The van der Waals surface area contributed by atoms with Gasteiger partial charge in [0.15, 0.2) is 0 Å². The lowest BCUT2D eigenvalue weighted by Crippen LogP contribution is -2.49. The predicted molar refractivity (Wildman–Crippen MR) is 71.1 cm³/mol. The molecule has 3 rings (SSSR count). The fourth-order valence-corrected chi connectivity index (χ4v) is 2.47. The lowest BCUT2D eigenvalue weighted by Gasteiger charge is -2.38. The molecule has 0 unspecified atom stereocenters. The van der Waals surface area contributed by atoms with Gasteiger partial charge in [-0.15, -0.1) is 5.10 Å². The summed E-state index contributed by atoms with van der Waals surface area (Å²) in [6.07, 6.45) is 0.175. The van der Waals surface area contributed by atoms with Crippen LogP contribution >= 0.6 is 0 Å². The number of hydrogen-bond acceptors (Lipinski definition) is 5. The Bertz CT molecular complexity index is 706. The summed E-state index contributed by atoms with van der Waals surface area (Å²) in [5, 5.41) is 17.2. The van der Waals surface area contributed by atoms with Crippen LogP contribution in [0.5, 0.6) is 0 Å². The number of carboxylic acids is 1. The van der Waals surface area contributed by atoms with E-state index in [1.54, 1.807) is 18.2 Å². The van der Waals surface area contributed by atoms with E-state index in [1.807, 2.05) is 11.0 Å². The Labute approximate surface area is 114 Å². The summed E-state index contributed by atoms with van der Waals surface area (Å²) >= 11 is 0. The molecule has 7 heteroatoms. The molecule has 1 aromatic heterocycles. The molecule has 7 nitrogen and oxygen atoms in total. The summed E-state index contributed by atoms with van der Waals surface area (Å²) in [5.74, 6) is -0.617. The third-order valence-corrected chi connectivity index (χ3v) is 3.46. The predicted octanol–water partition coefficient (Wildman–Crippen LogP) is 0.155. The summed E-state index contributed by atoms with van der Waals surface area (Å²) in [6, 6.07) is 7.09. The number of aromatic nitrogens is 3. The molecule has 0 amide bonds. The highest BCUT2D eigenvalue weighted by Crippen LogP contribution is 2.19. The van der Waals surface area contributed by atoms with E-state index in [2.05, 4.69) is 10.3 Å². The topological polar surface area (TPSA) is 88.3 Å². The van der Waals surface area contributed by atoms with E-state index in [9.17, 15) is 9.59 Å². The first-order valence-electron chi connectivity index (χ1n) is 6.40. The Morgan fingerprint density at radius 1 is 1.35 bits per heavy atom. The number of nitrogens with zero attached hydrogens (tertiary/aromatic N) is 4. The molecule has 104 valence electrons. The smallest absolute Gasteiger partial charge is 0.303 e. The van der Waals surface area contributed by atoms with Crippen LogP contribution in [0.1, 0.15) is 6.42 Å². The highest BCUT2D eigenvalue weighted by Gasteiger charge is 2.29. The lowest BCUT2D eigenvalue weighted by atomic mass is 9.97. The second-order valence-corrected chi connectivity index (χ2v) is 5.05. The standard InChI is InChI=1S/C13H14N4O3/c18-12(19)5-9-6-16(7-9)8-17-13(20)10-3-1-2-4-11(10)14-15-17/h1-4,9H,5-8H2,(H,18,19). The van der Waals surface area contributed by atoms with Crippen molar-refractivity contribution < 1.29 is 9.90 Å². The van der Waals surface area contributed by atoms with Gasteiger partial charge in [0.25, 0.3) is 5.56 Å². The van der Waals surface area contributed by atoms with Gasteiger partial charge in [0.1, 0.15) is 5.52 Å². The zero-order valence-electron chi connectivity index (χ0n) is 10.8. The molecule has 1 aliphatic rings. The van der Waals surface area contributed by atoms with Crippen LogP contribution in [0.15, 0.2) is 29.1 Å². The quantitative estimate of drug-likeness (QED) is 0.854. The molecule has 2 heterocycles. The van der Waals surface area contributed by atoms with Gasteiger partial charge in [0.2, 0.25) is 0 Å². The summed E-state index contributed by atoms with van der Waals surface area (Å²) in [7, 11) is 0. The third kappa shape index (κ3) is 2.39. The van der Waals surface area contributed by atoms with Crippen molar-refractivity contribution in [2.75, 3.05) is 13.1 Å². The molecule has 1 saturated heterocycles. The Kier molecular flexibility index (Phi) is 3.19. The van der Waals surface area contributed by atoms with E-state index in [0.29, 0.717) is 30.7 Å². The number of carbonyl (C=O) groups is 1. The molecule has 0 atom stereocenters. The van der Waals surface area contributed by atoms with Crippen LogP contribution in [0.25, 0.3) is 10.9 Å². The second-order valence-electron chi connectivity index (χ2n) is 5.05. The third-order valence-electron chi connectivity index (χ3n) is 3.46. The highest BCUT2D eigenvalue weighted by molar-refractivity contribution is 5.76. The maximum Gasteiger partial charge on any atom is 0.303 e. The largest absolute Gasteiger partial charge is 0.481 e. The molecule has 1 fully saturated rings. The monoisotopic (exact) mass is 274 g/mol. The number of benzene rings is 1. The number of fused-ring (bicyclic) bond motifs is 1. The van der Waals surface area contributed by atoms with E-state index in [1.165, 1.54) is 4.68 Å². The van der Waals surface area contributed by atoms with Gasteiger partial charge in [-0.2, -0.15) is 4.68 Å². The van der Waals surface area contributed by atoms with Crippen LogP contribution < -0.4 is 5.56 Å². The number of likely N-dealkylation sites (tertiary alicyclic amines) is 1. The number of carboxylic acid groups (broad SMARTS) is 1. The Balaban J connectivity index is 1.72. The molecule has 1 aliphatic heterocycles. The van der Waals surface area contributed by atoms with E-state index in [4.69, 9.17) is 5.11 Å². The molecule has 0 radical (unpaired) electrons. The van der Waals surface area contributed by atoms with Crippen LogP contribution in [0.2, 0.25) is 0 Å². The first-order chi connectivity index (χ1) is 9.63. The normalized spacial score (nSPS) is 16.2. The van der Waals surface area contributed by atoms with Crippen molar-refractivity contribution in [2.45, 2.75) is 13.1 Å². The fourth-order valence-electron chi connectivity index (χ4n) is 2.47. The van der Waals surface area contributed by atoms with Gasteiger partial charge in [-0.1, -0.05) is 17.3 Å². The van der Waals surface area contributed by atoms with E-state index < -0.39 is 5.97 Å². The summed E-state index contributed by atoms with van der Waals surface area (Å²) in [6.45, 7) is 1.70. The van der Waals surface area contributed by atoms with E-state index in [-0.39, 0.29) is 17.9 Å². The van der Waals surface area contributed by atoms with E-state index >= 15 is 0 Å². The average Bonchev–Trinajstić information content (AvgIpc) is 2.39. The Morgan fingerprint density at radius 3 is 2.85 bits per heavy atom. The van der Waals surface area contributed by atoms with Gasteiger partial charge >= 0.3 is 5.97 Å². The molecule has 0 saturated carbocycles. The molecule has 0 bridgehead atoms. The van der Waals surface area contributed by atoms with Gasteiger partial charge in [-0.3, -0.25) is 14.5 Å². The van der Waals surface area contributed by atoms with Crippen molar-refractivity contribution in [3.63, 3.8) is 0 Å². The van der Waals surface area contributed by atoms with Gasteiger partial charge in [-0.05, 0) is 18.1 Å². The summed E-state index contributed by atoms with van der Waals surface area (Å²) in [4.78, 5) is 24.8. The average molecular weight is 274 g/mol. The van der Waals surface area contributed by atoms with Crippen LogP contribution in [0.3, 0.4) is 0 Å². The molecule has 0 aliphatic carbocycles. The zero-order valence-corrected chi connectivity index (χ0v) is 10.8. The van der Waals surface area contributed by atoms with Crippen LogP contribution in [0, 0.1) is 5.92 Å². The molecule has 0 spiro atoms. The number of hydrogen-bond donors (Lipinski definition) is 1. The van der Waals surface area contributed by atoms with Crippen molar-refractivity contribution >= 4 is 16.9 Å². The number of rotatable bonds is 4. The second kappa shape index (κ2) is 5.01. The Morgan fingerprint density at radius 2 is 2.10 bits per heavy atom. The molecular formula is C13H14N4O3. The van der Waals surface area contributed by atoms with Crippen molar-refractivity contribution in [1.82, 2.24) is 19.9 Å². The maximum absolute atomic E-state index is 12.2. The van der Waals surface area contributed by atoms with Crippen molar-refractivity contribution in [3.8, 4) is 0 Å². The molecule has 1 aromatic carbocycles. The molecular weight excluding hydrogens is 260 g/mol. The zero-order chi connectivity index (χ0) is 14.1. The SMILES string of the molecule is O=C(O)CC1CN(Cn2nnc3ccccc3c2=O)C1. The fraction of sp³-hybridized carbons (Fsp3) is 0.385. The summed E-state index contributed by atoms with van der Waals surface area (Å²) in [5.41, 5.74) is 0.415. The van der Waals surface area contributed by atoms with Gasteiger partial charge in [0.05, 0.1) is 18.5 Å². The molecule has 20 heavy (non-hydrogen) atoms. The van der Waals surface area contributed by atoms with Crippen LogP contribution in [0.4, 0.5) is 0 Å². The Hall–Kier alpha value is -2.28. The number of aliphatic carboxylic acids is 1. The summed E-state index contributed by atoms with van der Waals surface area (Å²) < 4.78 is 1.32. The first-order valence-corrected chi connectivity index (χ1v) is 6.40. The van der Waals surface area contributed by atoms with Gasteiger partial charge in [0, 0.05) is 13.1 Å². The van der Waals surface area contributed by atoms with Crippen molar-refractivity contribution in [3.05, 3.63) is 34.6 Å². The lowest BCUT2D eigenvalue weighted by molar-refractivity contribution is -0.139. The van der Waals surface area contributed by atoms with Crippen molar-refractivity contribution in [2.24, 2.45) is 5.92 Å². The molecule has 2 aromatic rings. The minimum Gasteiger partial charge on any atom is -0.481 e. The van der Waals surface area contributed by atoms with E-state index in [0.717, 1.165) is 0 Å². The minimum absolute atomic E-state index is 0.164. The van der Waals surface area contributed by atoms with Gasteiger partial charge < -0.3 is 5.11 Å². The van der Waals surface area contributed by atoms with Crippen LogP contribution in [-0.4, -0.2) is 44.1 Å². The van der Waals surface area contributed by atoms with Crippen molar-refractivity contribution in [1.29, 1.82) is 0 Å².